The van der Waals surface area contributed by atoms with Gasteiger partial charge in [-0.3, -0.25) is 9.69 Å². The molecule has 0 aromatic carbocycles. The Morgan fingerprint density at radius 3 is 2.88 bits per heavy atom. The van der Waals surface area contributed by atoms with E-state index in [1.165, 1.54) is 0 Å². The Kier molecular flexibility index (Phi) is 3.79. The summed E-state index contributed by atoms with van der Waals surface area (Å²) in [4.78, 5) is 18.6. The van der Waals surface area contributed by atoms with Crippen LogP contribution in [0.25, 0.3) is 0 Å². The molecule has 2 heterocycles. The number of carbonyl (C=O) groups is 1. The van der Waals surface area contributed by atoms with Crippen LogP contribution in [-0.4, -0.2) is 30.5 Å². The summed E-state index contributed by atoms with van der Waals surface area (Å²) in [6.45, 7) is 4.94. The lowest BCUT2D eigenvalue weighted by Crippen LogP contribution is -2.44. The molecule has 0 saturated carbocycles. The molecule has 94 valence electrons. The molecule has 1 aromatic rings. The highest BCUT2D eigenvalue weighted by molar-refractivity contribution is 7.09. The molecule has 2 unspecified atom stereocenters. The van der Waals surface area contributed by atoms with Crippen LogP contribution < -0.4 is 10.2 Å². The number of hydrogen-bond donors (Lipinski definition) is 1. The van der Waals surface area contributed by atoms with Crippen molar-refractivity contribution in [1.82, 2.24) is 10.3 Å². The maximum atomic E-state index is 12.4. The molecule has 0 radical (unpaired) electrons. The first-order valence-electron chi connectivity index (χ1n) is 6.02. The van der Waals surface area contributed by atoms with E-state index in [1.54, 1.807) is 11.3 Å². The van der Waals surface area contributed by atoms with E-state index in [2.05, 4.69) is 17.2 Å². The summed E-state index contributed by atoms with van der Waals surface area (Å²) >= 11 is 1.59. The highest BCUT2D eigenvalue weighted by atomic mass is 32.1. The molecular weight excluding hydrogens is 234 g/mol. The van der Waals surface area contributed by atoms with Gasteiger partial charge in [0.1, 0.15) is 5.82 Å². The monoisotopic (exact) mass is 253 g/mol. The van der Waals surface area contributed by atoms with Gasteiger partial charge in [-0.1, -0.05) is 6.92 Å². The van der Waals surface area contributed by atoms with E-state index in [0.29, 0.717) is 5.92 Å². The van der Waals surface area contributed by atoms with Crippen LogP contribution in [0.4, 0.5) is 5.82 Å². The average Bonchev–Trinajstić information content (AvgIpc) is 2.66. The van der Waals surface area contributed by atoms with Crippen LogP contribution in [0.3, 0.4) is 0 Å². The Balaban J connectivity index is 2.26. The summed E-state index contributed by atoms with van der Waals surface area (Å²) < 4.78 is 0. The highest BCUT2D eigenvalue weighted by Gasteiger charge is 2.30. The van der Waals surface area contributed by atoms with Crippen LogP contribution in [0.2, 0.25) is 0 Å². The molecule has 4 nitrogen and oxygen atoms in total. The molecule has 0 aliphatic carbocycles. The van der Waals surface area contributed by atoms with Gasteiger partial charge >= 0.3 is 0 Å². The van der Waals surface area contributed by atoms with Crippen molar-refractivity contribution in [1.29, 1.82) is 0 Å². The van der Waals surface area contributed by atoms with E-state index < -0.39 is 0 Å². The van der Waals surface area contributed by atoms with Crippen LogP contribution in [0.1, 0.15) is 24.8 Å². The number of hydrogen-bond acceptors (Lipinski definition) is 4. The lowest BCUT2D eigenvalue weighted by atomic mass is 10.0. The first-order valence-corrected chi connectivity index (χ1v) is 6.90. The average molecular weight is 253 g/mol. The fourth-order valence-corrected chi connectivity index (χ4v) is 2.81. The topological polar surface area (TPSA) is 45.2 Å². The van der Waals surface area contributed by atoms with Crippen molar-refractivity contribution in [2.24, 2.45) is 5.92 Å². The molecule has 1 fully saturated rings. The van der Waals surface area contributed by atoms with Crippen LogP contribution in [0, 0.1) is 12.8 Å². The van der Waals surface area contributed by atoms with E-state index in [4.69, 9.17) is 0 Å². The van der Waals surface area contributed by atoms with E-state index in [9.17, 15) is 4.79 Å². The van der Waals surface area contributed by atoms with Crippen molar-refractivity contribution in [3.63, 3.8) is 0 Å². The summed E-state index contributed by atoms with van der Waals surface area (Å²) in [5.74, 6) is 1.49. The van der Waals surface area contributed by atoms with Gasteiger partial charge in [0.25, 0.3) is 0 Å². The molecule has 1 N–H and O–H groups in total. The Hall–Kier alpha value is -0.940. The predicted octanol–water partition coefficient (Wildman–Crippen LogP) is 1.80. The normalized spacial score (nSPS) is 26.1. The number of thiazole rings is 1. The van der Waals surface area contributed by atoms with Gasteiger partial charge in [-0.15, -0.1) is 11.3 Å². The largest absolute Gasteiger partial charge is 0.309 e. The van der Waals surface area contributed by atoms with Crippen molar-refractivity contribution >= 4 is 23.1 Å². The first kappa shape index (κ1) is 12.5. The van der Waals surface area contributed by atoms with Crippen LogP contribution in [0.5, 0.6) is 0 Å². The maximum Gasteiger partial charge on any atom is 0.245 e. The quantitative estimate of drug-likeness (QED) is 0.874. The van der Waals surface area contributed by atoms with Crippen molar-refractivity contribution in [2.45, 2.75) is 32.7 Å². The van der Waals surface area contributed by atoms with Crippen LogP contribution in [0.15, 0.2) is 5.38 Å². The molecule has 1 aliphatic heterocycles. The first-order chi connectivity index (χ1) is 8.11. The number of rotatable bonds is 2. The number of nitrogens with one attached hydrogen (secondary N) is 1. The Labute approximate surface area is 106 Å². The molecule has 1 aliphatic rings. The van der Waals surface area contributed by atoms with Crippen LogP contribution in [-0.2, 0) is 4.79 Å². The lowest BCUT2D eigenvalue weighted by molar-refractivity contribution is -0.120. The zero-order valence-corrected chi connectivity index (χ0v) is 11.4. The second kappa shape index (κ2) is 5.14. The molecule has 2 atom stereocenters. The van der Waals surface area contributed by atoms with Crippen molar-refractivity contribution in [3.8, 4) is 0 Å². The smallest absolute Gasteiger partial charge is 0.245 e. The maximum absolute atomic E-state index is 12.4. The van der Waals surface area contributed by atoms with Gasteiger partial charge in [-0.05, 0) is 32.7 Å². The number of carbonyl (C=O) groups excluding carboxylic acids is 1. The van der Waals surface area contributed by atoms with Gasteiger partial charge < -0.3 is 5.32 Å². The van der Waals surface area contributed by atoms with Gasteiger partial charge in [0.05, 0.1) is 11.0 Å². The predicted molar refractivity (Wildman–Crippen MR) is 70.4 cm³/mol. The van der Waals surface area contributed by atoms with Crippen molar-refractivity contribution in [2.75, 3.05) is 18.5 Å². The Morgan fingerprint density at radius 2 is 2.29 bits per heavy atom. The number of amides is 1. The van der Waals surface area contributed by atoms with Gasteiger partial charge in [0.15, 0.2) is 0 Å². The van der Waals surface area contributed by atoms with Crippen LogP contribution >= 0.6 is 11.3 Å². The third-order valence-corrected chi connectivity index (χ3v) is 4.00. The number of anilines is 1. The standard InChI is InChI=1S/C12H19N3OS/c1-8-4-5-10(13-3)12(16)15(6-8)11-7-17-9(2)14-11/h7-8,10,13H,4-6H2,1-3H3. The Morgan fingerprint density at radius 1 is 1.53 bits per heavy atom. The van der Waals surface area contributed by atoms with Gasteiger partial charge in [-0.2, -0.15) is 0 Å². The van der Waals surface area contributed by atoms with Gasteiger partial charge in [-0.25, -0.2) is 4.98 Å². The second-order valence-corrected chi connectivity index (χ2v) is 5.76. The molecule has 1 aromatic heterocycles. The molecule has 1 amide bonds. The van der Waals surface area contributed by atoms with Gasteiger partial charge in [0, 0.05) is 11.9 Å². The Bertz CT molecular complexity index is 404. The van der Waals surface area contributed by atoms with Gasteiger partial charge in [0.2, 0.25) is 5.91 Å². The number of nitrogens with zero attached hydrogens (tertiary/aromatic N) is 2. The molecule has 0 spiro atoms. The molecular formula is C12H19N3OS. The zero-order valence-electron chi connectivity index (χ0n) is 10.6. The molecule has 1 saturated heterocycles. The van der Waals surface area contributed by atoms with E-state index in [-0.39, 0.29) is 11.9 Å². The highest BCUT2D eigenvalue weighted by Crippen LogP contribution is 2.24. The molecule has 0 bridgehead atoms. The summed E-state index contributed by atoms with van der Waals surface area (Å²) in [5.41, 5.74) is 0. The fourth-order valence-electron chi connectivity index (χ4n) is 2.21. The summed E-state index contributed by atoms with van der Waals surface area (Å²) in [6, 6.07) is -0.0676. The number of likely N-dealkylation sites (N-methyl/N-ethyl adjacent to an activating group) is 1. The van der Waals surface area contributed by atoms with E-state index in [1.807, 2.05) is 24.3 Å². The number of aromatic nitrogens is 1. The minimum Gasteiger partial charge on any atom is -0.309 e. The number of aryl methyl sites for hydroxylation is 1. The fraction of sp³-hybridized carbons (Fsp3) is 0.667. The molecule has 5 heteroatoms. The van der Waals surface area contributed by atoms with E-state index >= 15 is 0 Å². The SMILES string of the molecule is CNC1CCC(C)CN(c2csc(C)n2)C1=O. The third-order valence-electron chi connectivity index (χ3n) is 3.24. The lowest BCUT2D eigenvalue weighted by Gasteiger charge is -2.23. The van der Waals surface area contributed by atoms with E-state index in [0.717, 1.165) is 30.2 Å². The summed E-state index contributed by atoms with van der Waals surface area (Å²) in [5, 5.41) is 6.08. The third kappa shape index (κ3) is 2.66. The minimum atomic E-state index is -0.0676. The zero-order chi connectivity index (χ0) is 12.4. The summed E-state index contributed by atoms with van der Waals surface area (Å²) in [7, 11) is 1.85. The summed E-state index contributed by atoms with van der Waals surface area (Å²) in [6.07, 6.45) is 1.99. The molecule has 2 rings (SSSR count). The minimum absolute atomic E-state index is 0.0676. The second-order valence-electron chi connectivity index (χ2n) is 4.70. The molecule has 17 heavy (non-hydrogen) atoms. The van der Waals surface area contributed by atoms with Crippen molar-refractivity contribution in [3.05, 3.63) is 10.4 Å². The van der Waals surface area contributed by atoms with Crippen molar-refractivity contribution < 1.29 is 4.79 Å².